The molecule has 1 saturated heterocycles. The van der Waals surface area contributed by atoms with Crippen molar-refractivity contribution in [2.24, 2.45) is 0 Å². The van der Waals surface area contributed by atoms with Gasteiger partial charge in [0.1, 0.15) is 23.4 Å². The summed E-state index contributed by atoms with van der Waals surface area (Å²) in [5, 5.41) is 15.8. The van der Waals surface area contributed by atoms with Gasteiger partial charge in [-0.1, -0.05) is 36.4 Å². The summed E-state index contributed by atoms with van der Waals surface area (Å²) in [4.78, 5) is 41.1. The molecule has 3 N–H and O–H groups in total. The number of aryl methyl sites for hydroxylation is 1. The number of benzene rings is 4. The van der Waals surface area contributed by atoms with E-state index in [1.807, 2.05) is 24.3 Å². The van der Waals surface area contributed by atoms with Crippen LogP contribution < -0.4 is 24.8 Å². The Hall–Kier alpha value is -5.58. The number of hydrogen-bond donors (Lipinski definition) is 3. The van der Waals surface area contributed by atoms with E-state index in [1.54, 1.807) is 53.4 Å². The average Bonchev–Trinajstić information content (AvgIpc) is 3.50. The van der Waals surface area contributed by atoms with E-state index >= 15 is 4.39 Å². The van der Waals surface area contributed by atoms with E-state index in [0.29, 0.717) is 54.2 Å². The van der Waals surface area contributed by atoms with Crippen molar-refractivity contribution < 1.29 is 38.1 Å². The number of aromatic hydroxyl groups is 1. The lowest BCUT2D eigenvalue weighted by atomic mass is 10.0. The number of halogens is 1. The fraction of sp³-hybridized carbons (Fsp3) is 0.289. The molecule has 0 saturated carbocycles. The van der Waals surface area contributed by atoms with E-state index in [9.17, 15) is 19.5 Å². The Morgan fingerprint density at radius 1 is 0.959 bits per heavy atom. The Balaban J connectivity index is 1.19. The molecule has 49 heavy (non-hydrogen) atoms. The van der Waals surface area contributed by atoms with Crippen LogP contribution >= 0.6 is 0 Å². The maximum Gasteiger partial charge on any atom is 0.258 e. The van der Waals surface area contributed by atoms with E-state index < -0.39 is 23.9 Å². The minimum absolute atomic E-state index is 0.0742. The number of phenols is 1. The van der Waals surface area contributed by atoms with E-state index in [2.05, 4.69) is 10.6 Å². The Labute approximate surface area is 283 Å². The summed E-state index contributed by atoms with van der Waals surface area (Å²) in [7, 11) is 1.50. The van der Waals surface area contributed by atoms with Crippen LogP contribution in [0.4, 0.5) is 4.39 Å². The number of rotatable bonds is 6. The topological polar surface area (TPSA) is 126 Å². The fourth-order valence-corrected chi connectivity index (χ4v) is 6.04. The van der Waals surface area contributed by atoms with Gasteiger partial charge in [-0.05, 0) is 90.0 Å². The van der Waals surface area contributed by atoms with Gasteiger partial charge in [0.2, 0.25) is 5.91 Å². The van der Waals surface area contributed by atoms with Crippen LogP contribution in [-0.4, -0.2) is 66.7 Å². The third-order valence-corrected chi connectivity index (χ3v) is 8.73. The molecule has 0 aromatic heterocycles. The molecule has 10 nitrogen and oxygen atoms in total. The lowest BCUT2D eigenvalue weighted by Crippen LogP contribution is -2.45. The first kappa shape index (κ1) is 33.3. The zero-order chi connectivity index (χ0) is 34.3. The van der Waals surface area contributed by atoms with E-state index in [-0.39, 0.29) is 42.8 Å². The Morgan fingerprint density at radius 3 is 2.57 bits per heavy atom. The number of carbonyl (C=O) groups is 3. The third-order valence-electron chi connectivity index (χ3n) is 8.73. The number of nitrogens with one attached hydrogen (secondary N) is 2. The predicted molar refractivity (Wildman–Crippen MR) is 180 cm³/mol. The maximum absolute atomic E-state index is 15.1. The number of fused-ring (bicyclic) bond motifs is 7. The van der Waals surface area contributed by atoms with Crippen LogP contribution in [0.15, 0.2) is 84.9 Å². The summed E-state index contributed by atoms with van der Waals surface area (Å²) in [5.74, 6) is -0.201. The second kappa shape index (κ2) is 15.1. The van der Waals surface area contributed by atoms with Crippen molar-refractivity contribution >= 4 is 17.7 Å². The van der Waals surface area contributed by atoms with Crippen LogP contribution in [0.2, 0.25) is 0 Å². The average molecular weight is 668 g/mol. The quantitative estimate of drug-likeness (QED) is 0.247. The van der Waals surface area contributed by atoms with Crippen molar-refractivity contribution in [2.45, 2.75) is 44.4 Å². The summed E-state index contributed by atoms with van der Waals surface area (Å²) in [6.45, 7) is 0.549. The fourth-order valence-electron chi connectivity index (χ4n) is 6.04. The summed E-state index contributed by atoms with van der Waals surface area (Å²) in [5.41, 5.74) is 2.93. The smallest absolute Gasteiger partial charge is 0.258 e. The van der Waals surface area contributed by atoms with Gasteiger partial charge in [-0.2, -0.15) is 0 Å². The number of methoxy groups -OCH3 is 1. The number of hydrogen-bond acceptors (Lipinski definition) is 7. The van der Waals surface area contributed by atoms with Gasteiger partial charge in [0.25, 0.3) is 11.8 Å². The molecule has 3 aliphatic heterocycles. The number of unbranched alkanes of at least 4 members (excludes halogenated alkanes) is 1. The van der Waals surface area contributed by atoms with Crippen molar-refractivity contribution in [3.8, 4) is 34.1 Å². The van der Waals surface area contributed by atoms with Crippen molar-refractivity contribution in [3.63, 3.8) is 0 Å². The SMILES string of the molecule is COc1ccc(CCCCC(=O)N2C[C@@H]3NC(=O)c4cc(ccc4F)-c4cccc(c4)OCC(=O)NCc4ccc(cc4)O[C@H]3C2)cc1O. The van der Waals surface area contributed by atoms with Gasteiger partial charge in [0.05, 0.1) is 25.3 Å². The number of ether oxygens (including phenoxy) is 3. The minimum atomic E-state index is -0.684. The molecule has 1 fully saturated rings. The van der Waals surface area contributed by atoms with Crippen molar-refractivity contribution in [3.05, 3.63) is 107 Å². The van der Waals surface area contributed by atoms with E-state index in [4.69, 9.17) is 14.2 Å². The van der Waals surface area contributed by atoms with Crippen molar-refractivity contribution in [2.75, 3.05) is 26.8 Å². The summed E-state index contributed by atoms with van der Waals surface area (Å²) in [6, 6.07) is 23.2. The summed E-state index contributed by atoms with van der Waals surface area (Å²) in [6.07, 6.45) is 1.77. The molecule has 7 rings (SSSR count). The van der Waals surface area contributed by atoms with Crippen molar-refractivity contribution in [1.29, 1.82) is 0 Å². The Kier molecular flexibility index (Phi) is 10.3. The number of nitrogens with zero attached hydrogens (tertiary/aromatic N) is 1. The summed E-state index contributed by atoms with van der Waals surface area (Å²) < 4.78 is 32.2. The van der Waals surface area contributed by atoms with Crippen LogP contribution in [0.1, 0.15) is 40.7 Å². The normalized spacial score (nSPS) is 17.6. The molecule has 3 amide bonds. The molecule has 0 unspecified atom stereocenters. The lowest BCUT2D eigenvalue weighted by Gasteiger charge is -2.21. The van der Waals surface area contributed by atoms with Gasteiger partial charge in [0.15, 0.2) is 18.1 Å². The number of amides is 3. The van der Waals surface area contributed by atoms with Gasteiger partial charge in [-0.15, -0.1) is 0 Å². The zero-order valence-corrected chi connectivity index (χ0v) is 27.1. The first-order chi connectivity index (χ1) is 23.7. The number of likely N-dealkylation sites (tertiary alicyclic amines) is 1. The monoisotopic (exact) mass is 667 g/mol. The highest BCUT2D eigenvalue weighted by atomic mass is 19.1. The molecular formula is C38H38FN3O7. The second-order valence-electron chi connectivity index (χ2n) is 12.2. The van der Waals surface area contributed by atoms with Crippen LogP contribution in [0.5, 0.6) is 23.0 Å². The lowest BCUT2D eigenvalue weighted by molar-refractivity contribution is -0.130. The molecule has 11 heteroatoms. The third kappa shape index (κ3) is 8.29. The Morgan fingerprint density at radius 2 is 1.78 bits per heavy atom. The maximum atomic E-state index is 15.1. The molecule has 4 aromatic rings. The molecule has 6 bridgehead atoms. The second-order valence-corrected chi connectivity index (χ2v) is 12.2. The molecule has 0 radical (unpaired) electrons. The van der Waals surface area contributed by atoms with Gasteiger partial charge in [-0.3, -0.25) is 14.4 Å². The Bertz CT molecular complexity index is 1830. The molecule has 4 aromatic carbocycles. The number of carbonyl (C=O) groups excluding carboxylic acids is 3. The minimum Gasteiger partial charge on any atom is -0.504 e. The highest BCUT2D eigenvalue weighted by Crippen LogP contribution is 2.28. The van der Waals surface area contributed by atoms with Gasteiger partial charge in [0, 0.05) is 19.5 Å². The predicted octanol–water partition coefficient (Wildman–Crippen LogP) is 5.02. The summed E-state index contributed by atoms with van der Waals surface area (Å²) >= 11 is 0. The molecule has 0 spiro atoms. The van der Waals surface area contributed by atoms with Gasteiger partial charge in [-0.25, -0.2) is 4.39 Å². The van der Waals surface area contributed by atoms with Gasteiger partial charge < -0.3 is 34.9 Å². The first-order valence-electron chi connectivity index (χ1n) is 16.3. The molecule has 3 aliphatic rings. The highest BCUT2D eigenvalue weighted by Gasteiger charge is 2.38. The van der Waals surface area contributed by atoms with E-state index in [0.717, 1.165) is 17.5 Å². The van der Waals surface area contributed by atoms with Crippen LogP contribution in [-0.2, 0) is 22.6 Å². The van der Waals surface area contributed by atoms with E-state index in [1.165, 1.54) is 19.2 Å². The van der Waals surface area contributed by atoms with Crippen LogP contribution in [0.25, 0.3) is 11.1 Å². The van der Waals surface area contributed by atoms with Crippen LogP contribution in [0.3, 0.4) is 0 Å². The standard InChI is InChI=1S/C38H38FN3O7/c1-47-34-16-11-24(17-33(34)43)5-2-3-8-37(45)42-21-32-35(22-42)49-28-13-9-25(10-14-28)20-40-36(44)23-48-29-7-4-6-26(18-29)27-12-15-31(39)30(19-27)38(46)41-32/h4,6-7,9-19,32,35,43H,2-3,5,8,20-23H2,1H3,(H,40,44)(H,41,46)/t32-,35-/m0/s1. The largest absolute Gasteiger partial charge is 0.504 e. The van der Waals surface area contributed by atoms with Crippen LogP contribution in [0, 0.1) is 5.82 Å². The molecule has 3 heterocycles. The van der Waals surface area contributed by atoms with Crippen molar-refractivity contribution in [1.82, 2.24) is 15.5 Å². The van der Waals surface area contributed by atoms with Gasteiger partial charge >= 0.3 is 0 Å². The first-order valence-corrected chi connectivity index (χ1v) is 16.3. The molecule has 254 valence electrons. The molecule has 2 atom stereocenters. The molecular weight excluding hydrogens is 629 g/mol. The highest BCUT2D eigenvalue weighted by molar-refractivity contribution is 5.96. The molecule has 0 aliphatic carbocycles. The number of phenolic OH excluding ortho intramolecular Hbond substituents is 1. The zero-order valence-electron chi connectivity index (χ0n) is 27.1.